The standard InChI is InChI=1S/C21H26N2O/c1-4-23(16(2)3)19-12-10-18(11-13-19)22-20(24)21(14-15-21)17-8-6-5-7-9-17/h5-13,16H,4,14-15H2,1-3H3,(H,22,24). The lowest BCUT2D eigenvalue weighted by Gasteiger charge is -2.27. The van der Waals surface area contributed by atoms with Crippen molar-refractivity contribution in [3.63, 3.8) is 0 Å². The van der Waals surface area contributed by atoms with Crippen LogP contribution in [0.25, 0.3) is 0 Å². The van der Waals surface area contributed by atoms with Gasteiger partial charge in [0, 0.05) is 24.0 Å². The van der Waals surface area contributed by atoms with Crippen molar-refractivity contribution in [3.8, 4) is 0 Å². The fourth-order valence-corrected chi connectivity index (χ4v) is 3.36. The van der Waals surface area contributed by atoms with Gasteiger partial charge in [-0.1, -0.05) is 30.3 Å². The summed E-state index contributed by atoms with van der Waals surface area (Å²) in [6.45, 7) is 7.51. The molecule has 0 unspecified atom stereocenters. The van der Waals surface area contributed by atoms with Crippen LogP contribution in [-0.4, -0.2) is 18.5 Å². The van der Waals surface area contributed by atoms with Gasteiger partial charge in [-0.3, -0.25) is 4.79 Å². The van der Waals surface area contributed by atoms with Crippen molar-refractivity contribution in [2.75, 3.05) is 16.8 Å². The molecule has 3 heteroatoms. The van der Waals surface area contributed by atoms with Crippen LogP contribution in [0.15, 0.2) is 54.6 Å². The molecule has 0 aliphatic heterocycles. The van der Waals surface area contributed by atoms with Crippen molar-refractivity contribution in [3.05, 3.63) is 60.2 Å². The molecule has 3 nitrogen and oxygen atoms in total. The Hall–Kier alpha value is -2.29. The second-order valence-electron chi connectivity index (χ2n) is 6.83. The van der Waals surface area contributed by atoms with E-state index < -0.39 is 0 Å². The van der Waals surface area contributed by atoms with Gasteiger partial charge in [0.2, 0.25) is 5.91 Å². The van der Waals surface area contributed by atoms with Gasteiger partial charge in [0.25, 0.3) is 0 Å². The molecule has 1 amide bonds. The lowest BCUT2D eigenvalue weighted by molar-refractivity contribution is -0.118. The molecular weight excluding hydrogens is 296 g/mol. The molecule has 0 spiro atoms. The summed E-state index contributed by atoms with van der Waals surface area (Å²) in [6.07, 6.45) is 1.86. The third-order valence-corrected chi connectivity index (χ3v) is 4.93. The highest BCUT2D eigenvalue weighted by molar-refractivity contribution is 6.01. The molecule has 2 aromatic rings. The van der Waals surface area contributed by atoms with Crippen molar-refractivity contribution >= 4 is 17.3 Å². The van der Waals surface area contributed by atoms with Gasteiger partial charge in [-0.25, -0.2) is 0 Å². The Balaban J connectivity index is 1.72. The van der Waals surface area contributed by atoms with E-state index in [1.54, 1.807) is 0 Å². The molecule has 1 aliphatic rings. The average Bonchev–Trinajstić information content (AvgIpc) is 3.39. The monoisotopic (exact) mass is 322 g/mol. The molecule has 0 aromatic heterocycles. The van der Waals surface area contributed by atoms with E-state index in [0.717, 1.165) is 30.6 Å². The lowest BCUT2D eigenvalue weighted by atomic mass is 9.95. The first-order valence-corrected chi connectivity index (χ1v) is 8.80. The van der Waals surface area contributed by atoms with Gasteiger partial charge in [-0.15, -0.1) is 0 Å². The SMILES string of the molecule is CCN(c1ccc(NC(=O)C2(c3ccccc3)CC2)cc1)C(C)C. The zero-order chi connectivity index (χ0) is 17.2. The first kappa shape index (κ1) is 16.6. The highest BCUT2D eigenvalue weighted by atomic mass is 16.2. The molecule has 1 aliphatic carbocycles. The van der Waals surface area contributed by atoms with Gasteiger partial charge < -0.3 is 10.2 Å². The predicted octanol–water partition coefficient (Wildman–Crippen LogP) is 4.59. The smallest absolute Gasteiger partial charge is 0.235 e. The summed E-state index contributed by atoms with van der Waals surface area (Å²) in [4.78, 5) is 15.1. The highest BCUT2D eigenvalue weighted by Gasteiger charge is 2.51. The maximum Gasteiger partial charge on any atom is 0.235 e. The van der Waals surface area contributed by atoms with Crippen molar-refractivity contribution in [2.45, 2.75) is 45.1 Å². The Morgan fingerprint density at radius 1 is 1.08 bits per heavy atom. The van der Waals surface area contributed by atoms with Crippen LogP contribution >= 0.6 is 0 Å². The maximum absolute atomic E-state index is 12.8. The number of benzene rings is 2. The largest absolute Gasteiger partial charge is 0.369 e. The first-order chi connectivity index (χ1) is 11.6. The van der Waals surface area contributed by atoms with Gasteiger partial charge in [0.1, 0.15) is 0 Å². The Kier molecular flexibility index (Phi) is 4.61. The fourth-order valence-electron chi connectivity index (χ4n) is 3.36. The zero-order valence-electron chi connectivity index (χ0n) is 14.8. The number of hydrogen-bond donors (Lipinski definition) is 1. The number of amides is 1. The van der Waals surface area contributed by atoms with Crippen LogP contribution in [-0.2, 0) is 10.2 Å². The molecule has 1 fully saturated rings. The summed E-state index contributed by atoms with van der Waals surface area (Å²) < 4.78 is 0. The van der Waals surface area contributed by atoms with Crippen LogP contribution in [0.2, 0.25) is 0 Å². The van der Waals surface area contributed by atoms with Crippen LogP contribution in [0.5, 0.6) is 0 Å². The summed E-state index contributed by atoms with van der Waals surface area (Å²) in [6, 6.07) is 18.7. The summed E-state index contributed by atoms with van der Waals surface area (Å²) in [5, 5.41) is 3.10. The minimum absolute atomic E-state index is 0.109. The minimum atomic E-state index is -0.326. The van der Waals surface area contributed by atoms with Gasteiger partial charge in [0.15, 0.2) is 0 Å². The predicted molar refractivity (Wildman–Crippen MR) is 101 cm³/mol. The third kappa shape index (κ3) is 3.16. The molecule has 1 N–H and O–H groups in total. The number of hydrogen-bond acceptors (Lipinski definition) is 2. The van der Waals surface area contributed by atoms with Gasteiger partial charge >= 0.3 is 0 Å². The van der Waals surface area contributed by atoms with E-state index in [0.29, 0.717) is 6.04 Å². The molecule has 0 atom stereocenters. The van der Waals surface area contributed by atoms with E-state index in [-0.39, 0.29) is 11.3 Å². The van der Waals surface area contributed by atoms with E-state index in [4.69, 9.17) is 0 Å². The van der Waals surface area contributed by atoms with Crippen molar-refractivity contribution in [1.82, 2.24) is 0 Å². The Morgan fingerprint density at radius 3 is 2.21 bits per heavy atom. The van der Waals surface area contributed by atoms with E-state index >= 15 is 0 Å². The lowest BCUT2D eigenvalue weighted by Crippen LogP contribution is -2.30. The zero-order valence-corrected chi connectivity index (χ0v) is 14.8. The molecule has 24 heavy (non-hydrogen) atoms. The van der Waals surface area contributed by atoms with Crippen molar-refractivity contribution < 1.29 is 4.79 Å². The number of nitrogens with zero attached hydrogens (tertiary/aromatic N) is 1. The second kappa shape index (κ2) is 6.68. The molecule has 1 saturated carbocycles. The van der Waals surface area contributed by atoms with Crippen molar-refractivity contribution in [2.24, 2.45) is 0 Å². The number of nitrogens with one attached hydrogen (secondary N) is 1. The maximum atomic E-state index is 12.8. The fraction of sp³-hybridized carbons (Fsp3) is 0.381. The Labute approximate surface area is 144 Å². The van der Waals surface area contributed by atoms with Gasteiger partial charge in [-0.05, 0) is 63.4 Å². The Bertz CT molecular complexity index is 688. The number of carbonyl (C=O) groups excluding carboxylic acids is 1. The molecule has 0 bridgehead atoms. The van der Waals surface area contributed by atoms with E-state index in [1.807, 2.05) is 30.3 Å². The van der Waals surface area contributed by atoms with E-state index in [9.17, 15) is 4.79 Å². The summed E-state index contributed by atoms with van der Waals surface area (Å²) in [5.74, 6) is 0.109. The number of carbonyl (C=O) groups is 1. The molecule has 0 radical (unpaired) electrons. The third-order valence-electron chi connectivity index (χ3n) is 4.93. The van der Waals surface area contributed by atoms with E-state index in [2.05, 4.69) is 55.3 Å². The van der Waals surface area contributed by atoms with Gasteiger partial charge in [-0.2, -0.15) is 0 Å². The molecule has 3 rings (SSSR count). The normalized spacial score (nSPS) is 15.2. The topological polar surface area (TPSA) is 32.3 Å². The van der Waals surface area contributed by atoms with Crippen LogP contribution in [0.4, 0.5) is 11.4 Å². The summed E-state index contributed by atoms with van der Waals surface area (Å²) in [5.41, 5.74) is 2.85. The summed E-state index contributed by atoms with van der Waals surface area (Å²) in [7, 11) is 0. The highest BCUT2D eigenvalue weighted by Crippen LogP contribution is 2.48. The molecule has 2 aromatic carbocycles. The minimum Gasteiger partial charge on any atom is -0.369 e. The quantitative estimate of drug-likeness (QED) is 0.843. The second-order valence-corrected chi connectivity index (χ2v) is 6.83. The summed E-state index contributed by atoms with van der Waals surface area (Å²) >= 11 is 0. The van der Waals surface area contributed by atoms with Crippen LogP contribution in [0, 0.1) is 0 Å². The molecule has 126 valence electrons. The number of rotatable bonds is 6. The van der Waals surface area contributed by atoms with Crippen LogP contribution < -0.4 is 10.2 Å². The van der Waals surface area contributed by atoms with E-state index in [1.165, 1.54) is 5.69 Å². The average molecular weight is 322 g/mol. The van der Waals surface area contributed by atoms with Crippen LogP contribution in [0.3, 0.4) is 0 Å². The number of anilines is 2. The first-order valence-electron chi connectivity index (χ1n) is 8.80. The molecular formula is C21H26N2O. The molecule has 0 saturated heterocycles. The van der Waals surface area contributed by atoms with Crippen LogP contribution in [0.1, 0.15) is 39.2 Å². The van der Waals surface area contributed by atoms with Crippen molar-refractivity contribution in [1.29, 1.82) is 0 Å². The molecule has 0 heterocycles. The Morgan fingerprint density at radius 2 is 1.71 bits per heavy atom. The van der Waals surface area contributed by atoms with Gasteiger partial charge in [0.05, 0.1) is 5.41 Å².